The molecule has 3 aromatic rings. The van der Waals surface area contributed by atoms with Gasteiger partial charge in [-0.2, -0.15) is 0 Å². The number of hydrogen-bond donors (Lipinski definition) is 1. The van der Waals surface area contributed by atoms with Crippen molar-refractivity contribution in [1.82, 2.24) is 5.32 Å². The summed E-state index contributed by atoms with van der Waals surface area (Å²) in [6, 6.07) is 25.4. The number of nitrogens with zero attached hydrogens (tertiary/aromatic N) is 2. The summed E-state index contributed by atoms with van der Waals surface area (Å²) in [6.45, 7) is 2.88. The monoisotopic (exact) mass is 401 g/mol. The second kappa shape index (κ2) is 8.02. The lowest BCUT2D eigenvalue weighted by Gasteiger charge is -2.28. The van der Waals surface area contributed by atoms with Crippen molar-refractivity contribution in [1.29, 1.82) is 0 Å². The van der Waals surface area contributed by atoms with Crippen LogP contribution < -0.4 is 10.2 Å². The Bertz CT molecular complexity index is 1040. The van der Waals surface area contributed by atoms with Crippen molar-refractivity contribution in [3.05, 3.63) is 88.9 Å². The van der Waals surface area contributed by atoms with Gasteiger partial charge >= 0.3 is 0 Å². The van der Waals surface area contributed by atoms with Crippen molar-refractivity contribution < 1.29 is 0 Å². The molecule has 3 aromatic carbocycles. The molecule has 4 heteroatoms. The van der Waals surface area contributed by atoms with E-state index in [-0.39, 0.29) is 0 Å². The van der Waals surface area contributed by atoms with Crippen LogP contribution in [0.1, 0.15) is 24.0 Å². The number of hydrogen-bond acceptors (Lipinski definition) is 3. The molecule has 146 valence electrons. The third kappa shape index (κ3) is 3.68. The molecule has 2 aliphatic rings. The van der Waals surface area contributed by atoms with Crippen molar-refractivity contribution in [2.45, 2.75) is 19.4 Å². The molecule has 0 radical (unpaired) electrons. The zero-order valence-electron chi connectivity index (χ0n) is 16.3. The largest absolute Gasteiger partial charge is 0.335 e. The summed E-state index contributed by atoms with van der Waals surface area (Å²) in [5, 5.41) is 4.20. The molecular weight excluding hydrogens is 378 g/mol. The van der Waals surface area contributed by atoms with E-state index in [1.165, 1.54) is 22.5 Å². The first-order valence-electron chi connectivity index (χ1n) is 10.3. The summed E-state index contributed by atoms with van der Waals surface area (Å²) in [5.74, 6) is 0.459. The molecule has 1 saturated heterocycles. The second-order valence-electron chi connectivity index (χ2n) is 7.74. The van der Waals surface area contributed by atoms with E-state index in [0.29, 0.717) is 5.92 Å². The summed E-state index contributed by atoms with van der Waals surface area (Å²) >= 11 is 6.38. The molecule has 3 nitrogen and oxygen atoms in total. The molecule has 2 aliphatic heterocycles. The van der Waals surface area contributed by atoms with E-state index >= 15 is 0 Å². The van der Waals surface area contributed by atoms with Gasteiger partial charge in [0, 0.05) is 23.0 Å². The van der Waals surface area contributed by atoms with Crippen LogP contribution in [0.15, 0.2) is 77.8 Å². The summed E-state index contributed by atoms with van der Waals surface area (Å²) in [6.07, 6.45) is 2.23. The van der Waals surface area contributed by atoms with Crippen LogP contribution in [0.4, 0.5) is 17.1 Å². The maximum Gasteiger partial charge on any atom is 0.0885 e. The van der Waals surface area contributed by atoms with E-state index in [2.05, 4.69) is 70.9 Å². The van der Waals surface area contributed by atoms with Crippen molar-refractivity contribution in [3.8, 4) is 0 Å². The molecule has 0 saturated carbocycles. The number of halogens is 1. The van der Waals surface area contributed by atoms with E-state index in [1.807, 2.05) is 12.1 Å². The fraction of sp³-hybridized carbons (Fsp3) is 0.240. The molecule has 2 heterocycles. The van der Waals surface area contributed by atoms with Gasteiger partial charge in [0.15, 0.2) is 0 Å². The Balaban J connectivity index is 1.68. The van der Waals surface area contributed by atoms with Crippen molar-refractivity contribution in [2.75, 3.05) is 18.0 Å². The lowest BCUT2D eigenvalue weighted by atomic mass is 9.88. The fourth-order valence-corrected chi connectivity index (χ4v) is 4.57. The quantitative estimate of drug-likeness (QED) is 0.573. The van der Waals surface area contributed by atoms with Gasteiger partial charge in [0.1, 0.15) is 0 Å². The predicted molar refractivity (Wildman–Crippen MR) is 122 cm³/mol. The Labute approximate surface area is 177 Å². The molecule has 1 N–H and O–H groups in total. The lowest BCUT2D eigenvalue weighted by Crippen LogP contribution is -2.32. The van der Waals surface area contributed by atoms with Crippen LogP contribution in [0, 0.1) is 5.92 Å². The van der Waals surface area contributed by atoms with Crippen LogP contribution in [-0.2, 0) is 6.54 Å². The average Bonchev–Trinajstić information content (AvgIpc) is 2.90. The average molecular weight is 402 g/mol. The van der Waals surface area contributed by atoms with E-state index in [0.717, 1.165) is 48.9 Å². The van der Waals surface area contributed by atoms with Gasteiger partial charge in [-0.15, -0.1) is 0 Å². The highest BCUT2D eigenvalue weighted by Crippen LogP contribution is 2.43. The maximum atomic E-state index is 6.38. The number of rotatable bonds is 3. The number of para-hydroxylation sites is 1. The first kappa shape index (κ1) is 18.4. The highest BCUT2D eigenvalue weighted by Gasteiger charge is 2.28. The topological polar surface area (TPSA) is 27.6 Å². The number of anilines is 2. The van der Waals surface area contributed by atoms with E-state index in [4.69, 9.17) is 16.6 Å². The van der Waals surface area contributed by atoms with E-state index in [1.54, 1.807) is 0 Å². The number of piperidine rings is 1. The highest BCUT2D eigenvalue weighted by molar-refractivity contribution is 6.31. The first-order chi connectivity index (χ1) is 14.3. The Kier molecular flexibility index (Phi) is 5.09. The molecule has 0 amide bonds. The van der Waals surface area contributed by atoms with E-state index < -0.39 is 0 Å². The molecule has 1 fully saturated rings. The van der Waals surface area contributed by atoms with Gasteiger partial charge in [0.2, 0.25) is 0 Å². The summed E-state index contributed by atoms with van der Waals surface area (Å²) in [7, 11) is 0. The van der Waals surface area contributed by atoms with Crippen LogP contribution in [0.2, 0.25) is 5.02 Å². The zero-order valence-corrected chi connectivity index (χ0v) is 17.1. The summed E-state index contributed by atoms with van der Waals surface area (Å²) in [5.41, 5.74) is 6.99. The molecule has 0 aliphatic carbocycles. The summed E-state index contributed by atoms with van der Waals surface area (Å²) < 4.78 is 0. The minimum Gasteiger partial charge on any atom is -0.335 e. The standard InChI is InChI=1S/C25H24ClN3/c26-20-10-11-24-22(16-20)28-25(19-12-14-27-15-13-19)21-8-4-5-9-23(21)29(24)17-18-6-2-1-3-7-18/h1-11,16,19,27H,12-15,17H2. The van der Waals surface area contributed by atoms with Crippen molar-refractivity contribution >= 4 is 34.4 Å². The van der Waals surface area contributed by atoms with Gasteiger partial charge in [0.05, 0.1) is 22.8 Å². The molecule has 0 atom stereocenters. The maximum absolute atomic E-state index is 6.38. The smallest absolute Gasteiger partial charge is 0.0885 e. The molecular formula is C25H24ClN3. The second-order valence-corrected chi connectivity index (χ2v) is 8.18. The Morgan fingerprint density at radius 1 is 0.897 bits per heavy atom. The number of fused-ring (bicyclic) bond motifs is 2. The van der Waals surface area contributed by atoms with Crippen molar-refractivity contribution in [3.63, 3.8) is 0 Å². The van der Waals surface area contributed by atoms with Crippen LogP contribution >= 0.6 is 11.6 Å². The lowest BCUT2D eigenvalue weighted by molar-refractivity contribution is 0.457. The van der Waals surface area contributed by atoms with Gasteiger partial charge in [-0.3, -0.25) is 4.99 Å². The Morgan fingerprint density at radius 2 is 1.66 bits per heavy atom. The van der Waals surface area contributed by atoms with Gasteiger partial charge in [-0.25, -0.2) is 0 Å². The molecule has 0 bridgehead atoms. The minimum absolute atomic E-state index is 0.459. The molecule has 0 unspecified atom stereocenters. The predicted octanol–water partition coefficient (Wildman–Crippen LogP) is 6.11. The molecule has 0 spiro atoms. The van der Waals surface area contributed by atoms with Crippen LogP contribution in [0.5, 0.6) is 0 Å². The first-order valence-corrected chi connectivity index (χ1v) is 10.7. The van der Waals surface area contributed by atoms with E-state index in [9.17, 15) is 0 Å². The van der Waals surface area contributed by atoms with Crippen LogP contribution in [0.3, 0.4) is 0 Å². The van der Waals surface area contributed by atoms with Gasteiger partial charge in [-0.1, -0.05) is 60.1 Å². The minimum atomic E-state index is 0.459. The fourth-order valence-electron chi connectivity index (χ4n) is 4.40. The number of aliphatic imine (C=N–C) groups is 1. The molecule has 0 aromatic heterocycles. The summed E-state index contributed by atoms with van der Waals surface area (Å²) in [4.78, 5) is 7.60. The van der Waals surface area contributed by atoms with Gasteiger partial charge < -0.3 is 10.2 Å². The van der Waals surface area contributed by atoms with Gasteiger partial charge in [0.25, 0.3) is 0 Å². The molecule has 29 heavy (non-hydrogen) atoms. The number of nitrogens with one attached hydrogen (secondary N) is 1. The third-order valence-electron chi connectivity index (χ3n) is 5.85. The zero-order chi connectivity index (χ0) is 19.6. The van der Waals surface area contributed by atoms with Gasteiger partial charge in [-0.05, 0) is 55.8 Å². The SMILES string of the molecule is Clc1ccc2c(c1)N=C(C1CCNCC1)c1ccccc1N2Cc1ccccc1. The highest BCUT2D eigenvalue weighted by atomic mass is 35.5. The number of benzene rings is 3. The van der Waals surface area contributed by atoms with Crippen LogP contribution in [0.25, 0.3) is 0 Å². The Hall–Kier alpha value is -2.62. The molecule has 5 rings (SSSR count). The van der Waals surface area contributed by atoms with Crippen molar-refractivity contribution in [2.24, 2.45) is 10.9 Å². The Morgan fingerprint density at radius 3 is 2.48 bits per heavy atom. The normalized spacial score (nSPS) is 16.6. The third-order valence-corrected chi connectivity index (χ3v) is 6.08. The van der Waals surface area contributed by atoms with Crippen LogP contribution in [-0.4, -0.2) is 18.8 Å².